The average Bonchev–Trinajstić information content (AvgIpc) is 2.11. The number of halogens is 2. The Morgan fingerprint density at radius 3 is 1.62 bits per heavy atom. The molecule has 0 aliphatic heterocycles. The van der Waals surface area contributed by atoms with Crippen molar-refractivity contribution in [2.45, 2.75) is 44.2 Å². The van der Waals surface area contributed by atoms with Crippen molar-refractivity contribution in [3.05, 3.63) is 0 Å². The van der Waals surface area contributed by atoms with Gasteiger partial charge in [0.15, 0.2) is 0 Å². The fourth-order valence-corrected chi connectivity index (χ4v) is 1.37. The molecule has 0 aromatic heterocycles. The molecule has 4 heteroatoms. The van der Waals surface area contributed by atoms with Gasteiger partial charge in [-0.25, -0.2) is 0 Å². The van der Waals surface area contributed by atoms with Crippen molar-refractivity contribution < 1.29 is 9.47 Å². The minimum absolute atomic E-state index is 0.334. The number of ether oxygens (including phenoxy) is 2. The summed E-state index contributed by atoms with van der Waals surface area (Å²) in [6.07, 6.45) is 2.46. The van der Waals surface area contributed by atoms with E-state index in [4.69, 9.17) is 32.7 Å². The van der Waals surface area contributed by atoms with Crippen LogP contribution in [-0.4, -0.2) is 24.3 Å². The van der Waals surface area contributed by atoms with Gasteiger partial charge in [-0.05, 0) is 12.8 Å². The first kappa shape index (κ1) is 13.5. The van der Waals surface area contributed by atoms with Gasteiger partial charge in [0.05, 0.1) is 0 Å². The lowest BCUT2D eigenvalue weighted by Gasteiger charge is -2.14. The van der Waals surface area contributed by atoms with Crippen molar-refractivity contribution in [3.8, 4) is 0 Å². The molecule has 0 radical (unpaired) electrons. The molecule has 0 heterocycles. The van der Waals surface area contributed by atoms with E-state index in [1.54, 1.807) is 0 Å². The lowest BCUT2D eigenvalue weighted by molar-refractivity contribution is 0.0468. The van der Waals surface area contributed by atoms with Crippen molar-refractivity contribution in [2.24, 2.45) is 0 Å². The molecular formula is C9H18Cl2O2. The monoisotopic (exact) mass is 228 g/mol. The second-order valence-corrected chi connectivity index (χ2v) is 3.77. The summed E-state index contributed by atoms with van der Waals surface area (Å²) in [4.78, 5) is 0. The fraction of sp³-hybridized carbons (Fsp3) is 1.00. The third-order valence-electron chi connectivity index (χ3n) is 1.38. The van der Waals surface area contributed by atoms with E-state index in [1.807, 2.05) is 13.8 Å². The molecule has 13 heavy (non-hydrogen) atoms. The molecule has 0 spiro atoms. The van der Waals surface area contributed by atoms with Gasteiger partial charge in [-0.2, -0.15) is 0 Å². The van der Waals surface area contributed by atoms with E-state index < -0.39 is 0 Å². The highest BCUT2D eigenvalue weighted by molar-refractivity contribution is 6.22. The molecule has 0 fully saturated rings. The van der Waals surface area contributed by atoms with E-state index in [9.17, 15) is 0 Å². The van der Waals surface area contributed by atoms with Crippen LogP contribution in [0.1, 0.15) is 33.1 Å². The second kappa shape index (κ2) is 9.07. The smallest absolute Gasteiger partial charge is 0.134 e. The first-order valence-corrected chi connectivity index (χ1v) is 5.59. The van der Waals surface area contributed by atoms with Gasteiger partial charge in [0, 0.05) is 19.6 Å². The standard InChI is InChI=1S/C9H18Cl2O2/c1-3-5-12-8(10)7-9(11)13-6-4-2/h8-9H,3-7H2,1-2H3. The van der Waals surface area contributed by atoms with Gasteiger partial charge < -0.3 is 9.47 Å². The predicted molar refractivity (Wildman–Crippen MR) is 56.4 cm³/mol. The maximum Gasteiger partial charge on any atom is 0.134 e. The Hall–Kier alpha value is 0.500. The van der Waals surface area contributed by atoms with E-state index in [-0.39, 0.29) is 11.1 Å². The molecule has 2 nitrogen and oxygen atoms in total. The average molecular weight is 229 g/mol. The third kappa shape index (κ3) is 8.82. The quantitative estimate of drug-likeness (QED) is 0.594. The summed E-state index contributed by atoms with van der Waals surface area (Å²) >= 11 is 11.7. The Bertz CT molecular complexity index is 99.8. The zero-order chi connectivity index (χ0) is 10.1. The lowest BCUT2D eigenvalue weighted by Crippen LogP contribution is -2.15. The van der Waals surface area contributed by atoms with Crippen molar-refractivity contribution in [2.75, 3.05) is 13.2 Å². The van der Waals surface area contributed by atoms with Crippen LogP contribution < -0.4 is 0 Å². The SMILES string of the molecule is CCCOC(Cl)CC(Cl)OCCC. The van der Waals surface area contributed by atoms with Crippen molar-refractivity contribution in [1.29, 1.82) is 0 Å². The van der Waals surface area contributed by atoms with E-state index in [0.29, 0.717) is 19.6 Å². The van der Waals surface area contributed by atoms with E-state index >= 15 is 0 Å². The van der Waals surface area contributed by atoms with Crippen LogP contribution in [0, 0.1) is 0 Å². The van der Waals surface area contributed by atoms with Crippen LogP contribution in [0.25, 0.3) is 0 Å². The summed E-state index contributed by atoms with van der Waals surface area (Å²) in [5.74, 6) is 0. The normalized spacial score (nSPS) is 15.7. The van der Waals surface area contributed by atoms with Gasteiger partial charge in [-0.3, -0.25) is 0 Å². The first-order chi connectivity index (χ1) is 6.20. The number of rotatable bonds is 8. The van der Waals surface area contributed by atoms with Gasteiger partial charge in [-0.1, -0.05) is 37.0 Å². The van der Waals surface area contributed by atoms with Crippen molar-refractivity contribution in [3.63, 3.8) is 0 Å². The Labute approximate surface area is 90.5 Å². The molecular weight excluding hydrogens is 211 g/mol. The first-order valence-electron chi connectivity index (χ1n) is 4.72. The van der Waals surface area contributed by atoms with E-state index in [1.165, 1.54) is 0 Å². The molecule has 80 valence electrons. The zero-order valence-corrected chi connectivity index (χ0v) is 9.77. The molecule has 0 rings (SSSR count). The lowest BCUT2D eigenvalue weighted by atomic mass is 10.4. The Morgan fingerprint density at radius 2 is 1.31 bits per heavy atom. The summed E-state index contributed by atoms with van der Waals surface area (Å²) in [5.41, 5.74) is -0.668. The largest absolute Gasteiger partial charge is 0.362 e. The Morgan fingerprint density at radius 1 is 0.923 bits per heavy atom. The number of hydrogen-bond donors (Lipinski definition) is 0. The Kier molecular flexibility index (Phi) is 9.42. The third-order valence-corrected chi connectivity index (χ3v) is 1.98. The fourth-order valence-electron chi connectivity index (χ4n) is 0.773. The predicted octanol–water partition coefficient (Wildman–Crippen LogP) is 3.36. The molecule has 0 saturated heterocycles. The van der Waals surface area contributed by atoms with Gasteiger partial charge in [0.1, 0.15) is 11.1 Å². The summed E-state index contributed by atoms with van der Waals surface area (Å²) in [6, 6.07) is 0. The Balaban J connectivity index is 3.35. The molecule has 0 saturated carbocycles. The van der Waals surface area contributed by atoms with Crippen LogP contribution >= 0.6 is 23.2 Å². The molecule has 0 aliphatic carbocycles. The van der Waals surface area contributed by atoms with E-state index in [2.05, 4.69) is 0 Å². The van der Waals surface area contributed by atoms with Crippen LogP contribution in [-0.2, 0) is 9.47 Å². The maximum atomic E-state index is 5.85. The molecule has 0 aromatic rings. The molecule has 0 aliphatic rings. The number of alkyl halides is 2. The van der Waals surface area contributed by atoms with Crippen molar-refractivity contribution in [1.82, 2.24) is 0 Å². The minimum atomic E-state index is -0.334. The van der Waals surface area contributed by atoms with Crippen LogP contribution in [0.5, 0.6) is 0 Å². The highest BCUT2D eigenvalue weighted by Crippen LogP contribution is 2.13. The molecule has 2 unspecified atom stereocenters. The summed E-state index contributed by atoms with van der Waals surface area (Å²) in [5, 5.41) is 0. The van der Waals surface area contributed by atoms with Gasteiger partial charge in [-0.15, -0.1) is 0 Å². The summed E-state index contributed by atoms with van der Waals surface area (Å²) in [7, 11) is 0. The number of hydrogen-bond acceptors (Lipinski definition) is 2. The topological polar surface area (TPSA) is 18.5 Å². The minimum Gasteiger partial charge on any atom is -0.362 e. The summed E-state index contributed by atoms with van der Waals surface area (Å²) in [6.45, 7) is 5.42. The second-order valence-electron chi connectivity index (χ2n) is 2.80. The molecule has 2 atom stereocenters. The maximum absolute atomic E-state index is 5.85. The van der Waals surface area contributed by atoms with Gasteiger partial charge in [0.2, 0.25) is 0 Å². The van der Waals surface area contributed by atoms with Crippen molar-refractivity contribution >= 4 is 23.2 Å². The van der Waals surface area contributed by atoms with Crippen LogP contribution in [0.4, 0.5) is 0 Å². The van der Waals surface area contributed by atoms with Crippen LogP contribution in [0.3, 0.4) is 0 Å². The molecule has 0 bridgehead atoms. The van der Waals surface area contributed by atoms with Crippen LogP contribution in [0.2, 0.25) is 0 Å². The zero-order valence-electron chi connectivity index (χ0n) is 8.26. The molecule has 0 aromatic carbocycles. The van der Waals surface area contributed by atoms with Crippen LogP contribution in [0.15, 0.2) is 0 Å². The summed E-state index contributed by atoms with van der Waals surface area (Å²) < 4.78 is 10.5. The molecule has 0 amide bonds. The highest BCUT2D eigenvalue weighted by Gasteiger charge is 2.12. The highest BCUT2D eigenvalue weighted by atomic mass is 35.5. The van der Waals surface area contributed by atoms with E-state index in [0.717, 1.165) is 12.8 Å². The van der Waals surface area contributed by atoms with Gasteiger partial charge in [0.25, 0.3) is 0 Å². The molecule has 0 N–H and O–H groups in total. The van der Waals surface area contributed by atoms with Gasteiger partial charge >= 0.3 is 0 Å².